The highest BCUT2D eigenvalue weighted by Gasteiger charge is 2.25. The molecule has 1 saturated heterocycles. The molecule has 2 N–H and O–H groups in total. The molecule has 0 saturated carbocycles. The fourth-order valence-electron chi connectivity index (χ4n) is 3.43. The quantitative estimate of drug-likeness (QED) is 0.592. The predicted molar refractivity (Wildman–Crippen MR) is 103 cm³/mol. The Morgan fingerprint density at radius 3 is 2.75 bits per heavy atom. The van der Waals surface area contributed by atoms with Crippen LogP contribution < -0.4 is 15.0 Å². The van der Waals surface area contributed by atoms with E-state index in [-0.39, 0.29) is 11.8 Å². The van der Waals surface area contributed by atoms with Gasteiger partial charge in [-0.05, 0) is 12.1 Å². The molecule has 0 atom stereocenters. The number of benzene rings is 1. The third kappa shape index (κ3) is 5.02. The molecular weight excluding hydrogens is 362 g/mol. The van der Waals surface area contributed by atoms with Crippen molar-refractivity contribution in [3.05, 3.63) is 30.0 Å². The highest BCUT2D eigenvalue weighted by atomic mass is 16.5. The highest BCUT2D eigenvalue weighted by Crippen LogP contribution is 2.26. The number of ether oxygens (including phenoxy) is 2. The first kappa shape index (κ1) is 20.2. The molecule has 0 aliphatic carbocycles. The summed E-state index contributed by atoms with van der Waals surface area (Å²) in [6.07, 6.45) is 1.96. The van der Waals surface area contributed by atoms with Gasteiger partial charge in [-0.3, -0.25) is 9.59 Å². The number of rotatable bonds is 8. The Labute approximate surface area is 164 Å². The molecule has 0 spiro atoms. The zero-order chi connectivity index (χ0) is 19.9. The van der Waals surface area contributed by atoms with Crippen LogP contribution in [0.25, 0.3) is 11.0 Å². The van der Waals surface area contributed by atoms with Gasteiger partial charge in [0.1, 0.15) is 11.3 Å². The predicted octanol–water partition coefficient (Wildman–Crippen LogP) is -0.526. The number of hydrogen-bond donors (Lipinski definition) is 2. The topological polar surface area (TPSA) is 85.5 Å². The zero-order valence-corrected chi connectivity index (χ0v) is 16.5. The van der Waals surface area contributed by atoms with E-state index in [1.165, 1.54) is 4.90 Å². The van der Waals surface area contributed by atoms with Crippen LogP contribution >= 0.6 is 0 Å². The minimum atomic E-state index is 0.0205. The maximum absolute atomic E-state index is 12.7. The molecule has 1 fully saturated rings. The van der Waals surface area contributed by atoms with Crippen molar-refractivity contribution in [2.45, 2.75) is 6.42 Å². The van der Waals surface area contributed by atoms with Crippen LogP contribution in [0.3, 0.4) is 0 Å². The van der Waals surface area contributed by atoms with Crippen molar-refractivity contribution >= 4 is 22.8 Å². The molecule has 3 rings (SSSR count). The standard InChI is InChI=1S/C20H27N3O5/c1-26-10-5-21-19(24)13-22-6-8-23(9-7-22)20(25)11-15-14-28-18-12-16(27-2)3-4-17(15)18/h3-4,12,14H,5-11,13H2,1-2H3,(H,21,24)/p+1. The van der Waals surface area contributed by atoms with Crippen LogP contribution in [0.15, 0.2) is 28.9 Å². The van der Waals surface area contributed by atoms with Gasteiger partial charge in [0, 0.05) is 30.7 Å². The summed E-state index contributed by atoms with van der Waals surface area (Å²) in [6.45, 7) is 4.32. The second-order valence-electron chi connectivity index (χ2n) is 6.95. The summed E-state index contributed by atoms with van der Waals surface area (Å²) in [4.78, 5) is 27.7. The van der Waals surface area contributed by atoms with Gasteiger partial charge in [0.2, 0.25) is 5.91 Å². The molecular formula is C20H28N3O5+. The van der Waals surface area contributed by atoms with Crippen LogP contribution in [0.4, 0.5) is 0 Å². The maximum atomic E-state index is 12.7. The van der Waals surface area contributed by atoms with E-state index in [0.717, 1.165) is 35.4 Å². The lowest BCUT2D eigenvalue weighted by atomic mass is 10.1. The van der Waals surface area contributed by atoms with Gasteiger partial charge in [-0.15, -0.1) is 0 Å². The fourth-order valence-corrected chi connectivity index (χ4v) is 3.43. The van der Waals surface area contributed by atoms with Crippen molar-refractivity contribution in [1.29, 1.82) is 0 Å². The summed E-state index contributed by atoms with van der Waals surface area (Å²) < 4.78 is 15.7. The minimum Gasteiger partial charge on any atom is -0.497 e. The van der Waals surface area contributed by atoms with Crippen molar-refractivity contribution in [2.24, 2.45) is 0 Å². The summed E-state index contributed by atoms with van der Waals surface area (Å²) in [5.74, 6) is 0.833. The van der Waals surface area contributed by atoms with Crippen molar-refractivity contribution in [2.75, 3.05) is 60.1 Å². The molecule has 0 radical (unpaired) electrons. The molecule has 2 amide bonds. The van der Waals surface area contributed by atoms with E-state index in [2.05, 4.69) is 5.32 Å². The monoisotopic (exact) mass is 390 g/mol. The van der Waals surface area contributed by atoms with Gasteiger partial charge in [0.05, 0.1) is 52.6 Å². The number of hydrogen-bond acceptors (Lipinski definition) is 5. The lowest BCUT2D eigenvalue weighted by molar-refractivity contribution is -0.896. The van der Waals surface area contributed by atoms with E-state index in [0.29, 0.717) is 39.2 Å². The molecule has 1 aliphatic rings. The number of nitrogens with one attached hydrogen (secondary N) is 2. The summed E-state index contributed by atoms with van der Waals surface area (Å²) in [5, 5.41) is 3.77. The van der Waals surface area contributed by atoms with Crippen LogP contribution in [0, 0.1) is 0 Å². The van der Waals surface area contributed by atoms with Gasteiger partial charge in [-0.2, -0.15) is 0 Å². The van der Waals surface area contributed by atoms with Gasteiger partial charge in [-0.25, -0.2) is 0 Å². The number of nitrogens with zero attached hydrogens (tertiary/aromatic N) is 1. The van der Waals surface area contributed by atoms with E-state index in [9.17, 15) is 9.59 Å². The van der Waals surface area contributed by atoms with E-state index < -0.39 is 0 Å². The lowest BCUT2D eigenvalue weighted by Crippen LogP contribution is -3.15. The third-order valence-corrected chi connectivity index (χ3v) is 5.07. The van der Waals surface area contributed by atoms with Crippen LogP contribution in [0.2, 0.25) is 0 Å². The molecule has 1 aromatic carbocycles. The minimum absolute atomic E-state index is 0.0205. The normalized spacial score (nSPS) is 15.0. The van der Waals surface area contributed by atoms with Gasteiger partial charge in [0.25, 0.3) is 5.91 Å². The van der Waals surface area contributed by atoms with Crippen LogP contribution in [-0.2, 0) is 20.7 Å². The number of carbonyl (C=O) groups excluding carboxylic acids is 2. The average Bonchev–Trinajstić information content (AvgIpc) is 3.10. The van der Waals surface area contributed by atoms with Gasteiger partial charge < -0.3 is 29.0 Å². The molecule has 0 unspecified atom stereocenters. The molecule has 2 aromatic rings. The Bertz CT molecular complexity index is 811. The zero-order valence-electron chi connectivity index (χ0n) is 16.5. The Hall–Kier alpha value is -2.58. The van der Waals surface area contributed by atoms with Crippen LogP contribution in [-0.4, -0.2) is 76.8 Å². The first-order chi connectivity index (χ1) is 13.6. The molecule has 1 aromatic heterocycles. The Balaban J connectivity index is 1.48. The smallest absolute Gasteiger partial charge is 0.275 e. The number of piperazine rings is 1. The Kier molecular flexibility index (Phi) is 6.89. The fraction of sp³-hybridized carbons (Fsp3) is 0.500. The third-order valence-electron chi connectivity index (χ3n) is 5.07. The van der Waals surface area contributed by atoms with Crippen molar-refractivity contribution < 1.29 is 28.4 Å². The second-order valence-corrected chi connectivity index (χ2v) is 6.95. The molecule has 8 heteroatoms. The summed E-state index contributed by atoms with van der Waals surface area (Å²) >= 11 is 0. The molecule has 28 heavy (non-hydrogen) atoms. The number of carbonyl (C=O) groups is 2. The second kappa shape index (κ2) is 9.57. The van der Waals surface area contributed by atoms with E-state index in [1.807, 2.05) is 23.1 Å². The molecule has 152 valence electrons. The van der Waals surface area contributed by atoms with Crippen molar-refractivity contribution in [1.82, 2.24) is 10.2 Å². The maximum Gasteiger partial charge on any atom is 0.275 e. The number of amides is 2. The van der Waals surface area contributed by atoms with Gasteiger partial charge >= 0.3 is 0 Å². The van der Waals surface area contributed by atoms with Crippen LogP contribution in [0.1, 0.15) is 5.56 Å². The largest absolute Gasteiger partial charge is 0.497 e. The average molecular weight is 390 g/mol. The van der Waals surface area contributed by atoms with Crippen molar-refractivity contribution in [3.8, 4) is 5.75 Å². The number of methoxy groups -OCH3 is 2. The lowest BCUT2D eigenvalue weighted by Gasteiger charge is -2.31. The van der Waals surface area contributed by atoms with Gasteiger partial charge in [0.15, 0.2) is 6.54 Å². The molecule has 2 heterocycles. The summed E-state index contributed by atoms with van der Waals surface area (Å²) in [7, 11) is 3.22. The van der Waals surface area contributed by atoms with E-state index in [1.54, 1.807) is 20.5 Å². The number of quaternary nitrogens is 1. The molecule has 1 aliphatic heterocycles. The number of furan rings is 1. The first-order valence-electron chi connectivity index (χ1n) is 9.52. The number of fused-ring (bicyclic) bond motifs is 1. The van der Waals surface area contributed by atoms with Gasteiger partial charge in [-0.1, -0.05) is 0 Å². The Morgan fingerprint density at radius 1 is 1.25 bits per heavy atom. The summed E-state index contributed by atoms with van der Waals surface area (Å²) in [6, 6.07) is 5.61. The van der Waals surface area contributed by atoms with E-state index in [4.69, 9.17) is 13.9 Å². The van der Waals surface area contributed by atoms with Crippen molar-refractivity contribution in [3.63, 3.8) is 0 Å². The highest BCUT2D eigenvalue weighted by molar-refractivity contribution is 5.88. The van der Waals surface area contributed by atoms with Crippen LogP contribution in [0.5, 0.6) is 5.75 Å². The molecule has 8 nitrogen and oxygen atoms in total. The molecule has 0 bridgehead atoms. The van der Waals surface area contributed by atoms with E-state index >= 15 is 0 Å². The Morgan fingerprint density at radius 2 is 2.04 bits per heavy atom. The SMILES string of the molecule is COCCNC(=O)C[NH+]1CCN(C(=O)Cc2coc3cc(OC)ccc23)CC1. The first-order valence-corrected chi connectivity index (χ1v) is 9.52. The summed E-state index contributed by atoms with van der Waals surface area (Å²) in [5.41, 5.74) is 1.60.